The van der Waals surface area contributed by atoms with Gasteiger partial charge in [-0.2, -0.15) is 0 Å². The zero-order valence-electron chi connectivity index (χ0n) is 9.13. The lowest BCUT2D eigenvalue weighted by molar-refractivity contribution is -0.110. The van der Waals surface area contributed by atoms with Gasteiger partial charge in [-0.1, -0.05) is 39.3 Å². The number of hydrogen-bond donors (Lipinski definition) is 0. The van der Waals surface area contributed by atoms with E-state index in [1.165, 1.54) is 5.57 Å². The standard InChI is InChI=1S/C12H20O/c1-9(2)11-7-10(8-13)5-6-12(11,3)4/h7-10H,5-6H2,1-4H3. The van der Waals surface area contributed by atoms with E-state index >= 15 is 0 Å². The third kappa shape index (κ3) is 2.20. The average molecular weight is 180 g/mol. The van der Waals surface area contributed by atoms with E-state index in [9.17, 15) is 4.79 Å². The molecule has 0 aliphatic heterocycles. The lowest BCUT2D eigenvalue weighted by Crippen LogP contribution is -2.25. The van der Waals surface area contributed by atoms with Crippen LogP contribution in [0.2, 0.25) is 0 Å². The summed E-state index contributed by atoms with van der Waals surface area (Å²) < 4.78 is 0. The second kappa shape index (κ2) is 3.65. The van der Waals surface area contributed by atoms with Gasteiger partial charge in [0, 0.05) is 5.92 Å². The fraction of sp³-hybridized carbons (Fsp3) is 0.750. The number of aldehydes is 1. The summed E-state index contributed by atoms with van der Waals surface area (Å²) in [5, 5.41) is 0. The van der Waals surface area contributed by atoms with Gasteiger partial charge in [0.25, 0.3) is 0 Å². The van der Waals surface area contributed by atoms with Crippen molar-refractivity contribution in [2.75, 3.05) is 0 Å². The number of hydrogen-bond acceptors (Lipinski definition) is 1. The molecule has 0 N–H and O–H groups in total. The lowest BCUT2D eigenvalue weighted by atomic mass is 9.69. The van der Waals surface area contributed by atoms with Crippen LogP contribution in [-0.4, -0.2) is 6.29 Å². The molecule has 1 aliphatic carbocycles. The van der Waals surface area contributed by atoms with E-state index in [-0.39, 0.29) is 5.92 Å². The van der Waals surface area contributed by atoms with Crippen LogP contribution in [0.4, 0.5) is 0 Å². The largest absolute Gasteiger partial charge is 0.303 e. The topological polar surface area (TPSA) is 17.1 Å². The summed E-state index contributed by atoms with van der Waals surface area (Å²) in [7, 11) is 0. The minimum absolute atomic E-state index is 0.172. The number of carbonyl (C=O) groups excluding carboxylic acids is 1. The number of carbonyl (C=O) groups is 1. The Kier molecular flexibility index (Phi) is 2.94. The molecule has 0 aromatic carbocycles. The highest BCUT2D eigenvalue weighted by molar-refractivity contribution is 5.57. The van der Waals surface area contributed by atoms with Gasteiger partial charge in [0.15, 0.2) is 0 Å². The summed E-state index contributed by atoms with van der Waals surface area (Å²) in [6.07, 6.45) is 5.42. The van der Waals surface area contributed by atoms with Crippen LogP contribution in [-0.2, 0) is 4.79 Å². The van der Waals surface area contributed by atoms with Crippen LogP contribution < -0.4 is 0 Å². The first-order chi connectivity index (χ1) is 5.97. The van der Waals surface area contributed by atoms with Gasteiger partial charge in [-0.3, -0.25) is 0 Å². The highest BCUT2D eigenvalue weighted by atomic mass is 16.1. The molecule has 0 aromatic heterocycles. The first kappa shape index (κ1) is 10.5. The smallest absolute Gasteiger partial charge is 0.126 e. The SMILES string of the molecule is CC(C)C1=CC(C=O)CCC1(C)C. The Bertz CT molecular complexity index is 223. The average Bonchev–Trinajstić information content (AvgIpc) is 2.03. The van der Waals surface area contributed by atoms with Crippen molar-refractivity contribution < 1.29 is 4.79 Å². The van der Waals surface area contributed by atoms with Crippen LogP contribution in [0, 0.1) is 17.3 Å². The second-order valence-electron chi connectivity index (χ2n) is 5.00. The van der Waals surface area contributed by atoms with Gasteiger partial charge < -0.3 is 4.79 Å². The maximum atomic E-state index is 10.7. The zero-order valence-corrected chi connectivity index (χ0v) is 9.13. The molecule has 0 fully saturated rings. The van der Waals surface area contributed by atoms with Crippen molar-refractivity contribution in [2.24, 2.45) is 17.3 Å². The van der Waals surface area contributed by atoms with Crippen LogP contribution in [0.25, 0.3) is 0 Å². The zero-order chi connectivity index (χ0) is 10.1. The fourth-order valence-electron chi connectivity index (χ4n) is 2.29. The molecular weight excluding hydrogens is 160 g/mol. The highest BCUT2D eigenvalue weighted by Gasteiger charge is 2.30. The summed E-state index contributed by atoms with van der Waals surface area (Å²) >= 11 is 0. The number of rotatable bonds is 2. The van der Waals surface area contributed by atoms with Crippen LogP contribution in [0.5, 0.6) is 0 Å². The highest BCUT2D eigenvalue weighted by Crippen LogP contribution is 2.41. The maximum absolute atomic E-state index is 10.7. The molecule has 1 nitrogen and oxygen atoms in total. The van der Waals surface area contributed by atoms with E-state index in [2.05, 4.69) is 33.8 Å². The van der Waals surface area contributed by atoms with Crippen LogP contribution in [0.3, 0.4) is 0 Å². The van der Waals surface area contributed by atoms with E-state index in [4.69, 9.17) is 0 Å². The Morgan fingerprint density at radius 2 is 2.15 bits per heavy atom. The Labute approximate surface area is 81.2 Å². The lowest BCUT2D eigenvalue weighted by Gasteiger charge is -2.36. The molecule has 1 heteroatoms. The molecule has 1 unspecified atom stereocenters. The molecule has 13 heavy (non-hydrogen) atoms. The molecule has 0 aromatic rings. The molecule has 1 aliphatic rings. The Hall–Kier alpha value is -0.590. The second-order valence-corrected chi connectivity index (χ2v) is 5.00. The first-order valence-electron chi connectivity index (χ1n) is 5.15. The monoisotopic (exact) mass is 180 g/mol. The summed E-state index contributed by atoms with van der Waals surface area (Å²) in [6, 6.07) is 0. The van der Waals surface area contributed by atoms with E-state index < -0.39 is 0 Å². The fourth-order valence-corrected chi connectivity index (χ4v) is 2.29. The van der Waals surface area contributed by atoms with Crippen molar-refractivity contribution in [1.82, 2.24) is 0 Å². The molecule has 74 valence electrons. The first-order valence-corrected chi connectivity index (χ1v) is 5.15. The number of allylic oxidation sites excluding steroid dienone is 2. The van der Waals surface area contributed by atoms with E-state index in [0.717, 1.165) is 19.1 Å². The summed E-state index contributed by atoms with van der Waals surface area (Å²) in [5.74, 6) is 0.739. The van der Waals surface area contributed by atoms with Crippen LogP contribution >= 0.6 is 0 Å². The molecular formula is C12H20O. The molecule has 0 spiro atoms. The van der Waals surface area contributed by atoms with Crippen LogP contribution in [0.1, 0.15) is 40.5 Å². The van der Waals surface area contributed by atoms with Gasteiger partial charge in [-0.25, -0.2) is 0 Å². The summed E-state index contributed by atoms with van der Waals surface area (Å²) in [4.78, 5) is 10.7. The molecule has 0 saturated carbocycles. The summed E-state index contributed by atoms with van der Waals surface area (Å²) in [5.41, 5.74) is 1.75. The third-order valence-electron chi connectivity index (χ3n) is 3.07. The Balaban J connectivity index is 2.93. The van der Waals surface area contributed by atoms with Crippen molar-refractivity contribution in [3.05, 3.63) is 11.6 Å². The van der Waals surface area contributed by atoms with Gasteiger partial charge in [0.1, 0.15) is 6.29 Å². The molecule has 1 atom stereocenters. The van der Waals surface area contributed by atoms with Gasteiger partial charge in [-0.15, -0.1) is 0 Å². The Morgan fingerprint density at radius 1 is 1.54 bits per heavy atom. The molecule has 0 bridgehead atoms. The molecule has 0 radical (unpaired) electrons. The van der Waals surface area contributed by atoms with Crippen molar-refractivity contribution in [2.45, 2.75) is 40.5 Å². The van der Waals surface area contributed by atoms with E-state index in [1.807, 2.05) is 0 Å². The molecule has 0 heterocycles. The van der Waals surface area contributed by atoms with Gasteiger partial charge in [0.2, 0.25) is 0 Å². The van der Waals surface area contributed by atoms with Crippen LogP contribution in [0.15, 0.2) is 11.6 Å². The van der Waals surface area contributed by atoms with Crippen molar-refractivity contribution >= 4 is 6.29 Å². The Morgan fingerprint density at radius 3 is 2.62 bits per heavy atom. The maximum Gasteiger partial charge on any atom is 0.126 e. The predicted octanol–water partition coefficient (Wildman–Crippen LogP) is 3.20. The quantitative estimate of drug-likeness (QED) is 0.471. The molecule has 1 rings (SSSR count). The minimum Gasteiger partial charge on any atom is -0.303 e. The minimum atomic E-state index is 0.172. The van der Waals surface area contributed by atoms with Gasteiger partial charge >= 0.3 is 0 Å². The molecule has 0 saturated heterocycles. The van der Waals surface area contributed by atoms with E-state index in [0.29, 0.717) is 11.3 Å². The van der Waals surface area contributed by atoms with Gasteiger partial charge in [0.05, 0.1) is 0 Å². The van der Waals surface area contributed by atoms with Crippen molar-refractivity contribution in [3.8, 4) is 0 Å². The normalized spacial score (nSPS) is 27.2. The van der Waals surface area contributed by atoms with Crippen molar-refractivity contribution in [1.29, 1.82) is 0 Å². The van der Waals surface area contributed by atoms with Gasteiger partial charge in [-0.05, 0) is 24.2 Å². The third-order valence-corrected chi connectivity index (χ3v) is 3.07. The summed E-state index contributed by atoms with van der Waals surface area (Å²) in [6.45, 7) is 8.97. The predicted molar refractivity (Wildman–Crippen MR) is 55.5 cm³/mol. The van der Waals surface area contributed by atoms with Crippen molar-refractivity contribution in [3.63, 3.8) is 0 Å². The molecule has 0 amide bonds. The van der Waals surface area contributed by atoms with E-state index in [1.54, 1.807) is 0 Å².